The molecule has 0 aromatic carbocycles. The molecule has 3 atom stereocenters. The minimum absolute atomic E-state index is 0.0216. The zero-order chi connectivity index (χ0) is 17.3. The number of anilines is 1. The molecule has 1 aliphatic carbocycles. The molecule has 1 saturated heterocycles. The number of methoxy groups -OCH3 is 1. The zero-order valence-corrected chi connectivity index (χ0v) is 15.3. The maximum Gasteiger partial charge on any atom is 0.242 e. The first-order chi connectivity index (χ1) is 11.4. The van der Waals surface area contributed by atoms with Crippen molar-refractivity contribution in [1.82, 2.24) is 15.6 Å². The molecule has 1 aromatic heterocycles. The van der Waals surface area contributed by atoms with Gasteiger partial charge in [0.25, 0.3) is 0 Å². The van der Waals surface area contributed by atoms with Crippen molar-refractivity contribution in [2.75, 3.05) is 19.0 Å². The Morgan fingerprint density at radius 3 is 2.96 bits per heavy atom. The molecule has 1 aliphatic heterocycles. The van der Waals surface area contributed by atoms with Crippen molar-refractivity contribution in [3.05, 3.63) is 22.3 Å². The quantitative estimate of drug-likeness (QED) is 0.628. The second kappa shape index (κ2) is 6.78. The fourth-order valence-electron chi connectivity index (χ4n) is 3.30. The number of carbonyl (C=O) groups excluding carboxylic acids is 2. The van der Waals surface area contributed by atoms with E-state index >= 15 is 0 Å². The number of nitrogens with one attached hydrogen (secondary N) is 3. The highest BCUT2D eigenvalue weighted by Crippen LogP contribution is 2.54. The molecule has 24 heavy (non-hydrogen) atoms. The zero-order valence-electron chi connectivity index (χ0n) is 13.7. The van der Waals surface area contributed by atoms with Crippen LogP contribution in [0, 0.1) is 5.41 Å². The van der Waals surface area contributed by atoms with E-state index in [0.29, 0.717) is 29.6 Å². The number of piperidine rings is 1. The summed E-state index contributed by atoms with van der Waals surface area (Å²) in [6.45, 7) is 2.51. The standard InChI is InChI=1S/C16H21BrN4O3/c1-9(22)18-8-16-5-11(19-12(16)6-16)15(23)21-14-10(7-24-2)3-4-13(17)20-14/h3-4,11-12,19H,5-8H2,1-2H3,(H,18,22)(H,20,21,23)/t11-,12+,16-/m0/s1. The molecule has 3 rings (SSSR count). The molecule has 2 amide bonds. The van der Waals surface area contributed by atoms with E-state index in [1.165, 1.54) is 6.92 Å². The minimum Gasteiger partial charge on any atom is -0.380 e. The Morgan fingerprint density at radius 2 is 2.25 bits per heavy atom. The third kappa shape index (κ3) is 3.60. The van der Waals surface area contributed by atoms with Gasteiger partial charge in [-0.05, 0) is 34.8 Å². The molecule has 0 spiro atoms. The van der Waals surface area contributed by atoms with Gasteiger partial charge in [-0.3, -0.25) is 9.59 Å². The molecule has 8 heteroatoms. The summed E-state index contributed by atoms with van der Waals surface area (Å²) >= 11 is 3.32. The average Bonchev–Trinajstić information content (AvgIpc) is 3.09. The first-order valence-electron chi connectivity index (χ1n) is 7.89. The number of fused-ring (bicyclic) bond motifs is 1. The van der Waals surface area contributed by atoms with Crippen LogP contribution in [-0.2, 0) is 20.9 Å². The number of nitrogens with zero attached hydrogens (tertiary/aromatic N) is 1. The minimum atomic E-state index is -0.270. The molecule has 0 unspecified atom stereocenters. The van der Waals surface area contributed by atoms with Crippen LogP contribution in [-0.4, -0.2) is 42.5 Å². The van der Waals surface area contributed by atoms with Crippen LogP contribution in [0.4, 0.5) is 5.82 Å². The number of hydrogen-bond acceptors (Lipinski definition) is 5. The Labute approximate surface area is 149 Å². The summed E-state index contributed by atoms with van der Waals surface area (Å²) in [6.07, 6.45) is 1.72. The maximum absolute atomic E-state index is 12.6. The molecular weight excluding hydrogens is 376 g/mol. The van der Waals surface area contributed by atoms with E-state index in [0.717, 1.165) is 18.4 Å². The van der Waals surface area contributed by atoms with Crippen molar-refractivity contribution < 1.29 is 14.3 Å². The largest absolute Gasteiger partial charge is 0.380 e. The SMILES string of the molecule is COCc1ccc(Br)nc1NC(=O)[C@@H]1C[C@@]2(CNC(C)=O)C[C@H]2N1. The second-order valence-corrected chi connectivity index (χ2v) is 7.33. The molecule has 7 nitrogen and oxygen atoms in total. The summed E-state index contributed by atoms with van der Waals surface area (Å²) < 4.78 is 5.80. The van der Waals surface area contributed by atoms with Gasteiger partial charge in [0.05, 0.1) is 12.6 Å². The molecule has 130 valence electrons. The molecule has 0 radical (unpaired) electrons. The van der Waals surface area contributed by atoms with Gasteiger partial charge in [-0.25, -0.2) is 4.98 Å². The Morgan fingerprint density at radius 1 is 1.46 bits per heavy atom. The molecular formula is C16H21BrN4O3. The lowest BCUT2D eigenvalue weighted by atomic mass is 9.99. The van der Waals surface area contributed by atoms with E-state index in [1.54, 1.807) is 7.11 Å². The summed E-state index contributed by atoms with van der Waals surface area (Å²) in [4.78, 5) is 28.0. The Bertz CT molecular complexity index is 669. The highest BCUT2D eigenvalue weighted by molar-refractivity contribution is 9.10. The normalized spacial score (nSPS) is 27.5. The van der Waals surface area contributed by atoms with Crippen LogP contribution in [0.1, 0.15) is 25.3 Å². The van der Waals surface area contributed by atoms with Gasteiger partial charge in [0.1, 0.15) is 10.4 Å². The lowest BCUT2D eigenvalue weighted by Crippen LogP contribution is -2.38. The summed E-state index contributed by atoms with van der Waals surface area (Å²) in [6, 6.07) is 3.71. The number of rotatable bonds is 6. The maximum atomic E-state index is 12.6. The van der Waals surface area contributed by atoms with Crippen molar-refractivity contribution in [3.63, 3.8) is 0 Å². The lowest BCUT2D eigenvalue weighted by molar-refractivity contribution is -0.119. The van der Waals surface area contributed by atoms with Crippen LogP contribution in [0.25, 0.3) is 0 Å². The van der Waals surface area contributed by atoms with Crippen LogP contribution in [0.5, 0.6) is 0 Å². The lowest BCUT2D eigenvalue weighted by Gasteiger charge is -2.17. The van der Waals surface area contributed by atoms with E-state index in [-0.39, 0.29) is 23.3 Å². The Hall–Kier alpha value is -1.51. The van der Waals surface area contributed by atoms with Crippen LogP contribution in [0.3, 0.4) is 0 Å². The fraction of sp³-hybridized carbons (Fsp3) is 0.562. The second-order valence-electron chi connectivity index (χ2n) is 6.52. The van der Waals surface area contributed by atoms with Crippen LogP contribution < -0.4 is 16.0 Å². The molecule has 2 aliphatic rings. The summed E-state index contributed by atoms with van der Waals surface area (Å²) in [5.41, 5.74) is 0.846. The van der Waals surface area contributed by atoms with Crippen LogP contribution in [0.2, 0.25) is 0 Å². The molecule has 1 aromatic rings. The number of hydrogen-bond donors (Lipinski definition) is 3. The van der Waals surface area contributed by atoms with Gasteiger partial charge in [0, 0.05) is 37.6 Å². The van der Waals surface area contributed by atoms with E-state index in [2.05, 4.69) is 36.9 Å². The Kier molecular flexibility index (Phi) is 4.89. The predicted octanol–water partition coefficient (Wildman–Crippen LogP) is 1.19. The van der Waals surface area contributed by atoms with Crippen molar-refractivity contribution in [2.45, 2.75) is 38.5 Å². The smallest absolute Gasteiger partial charge is 0.242 e. The average molecular weight is 397 g/mol. The predicted molar refractivity (Wildman–Crippen MR) is 92.3 cm³/mol. The first kappa shape index (κ1) is 17.3. The van der Waals surface area contributed by atoms with E-state index in [1.807, 2.05) is 12.1 Å². The van der Waals surface area contributed by atoms with Crippen molar-refractivity contribution in [3.8, 4) is 0 Å². The highest BCUT2D eigenvalue weighted by atomic mass is 79.9. The van der Waals surface area contributed by atoms with Gasteiger partial charge in [0.15, 0.2) is 0 Å². The molecule has 3 N–H and O–H groups in total. The number of aromatic nitrogens is 1. The van der Waals surface area contributed by atoms with E-state index in [9.17, 15) is 9.59 Å². The molecule has 2 heterocycles. The number of halogens is 1. The topological polar surface area (TPSA) is 92.3 Å². The number of ether oxygens (including phenoxy) is 1. The van der Waals surface area contributed by atoms with Gasteiger partial charge in [0.2, 0.25) is 11.8 Å². The van der Waals surface area contributed by atoms with Gasteiger partial charge < -0.3 is 20.7 Å². The third-order valence-electron chi connectivity index (χ3n) is 4.69. The Balaban J connectivity index is 1.63. The number of pyridine rings is 1. The van der Waals surface area contributed by atoms with Crippen molar-refractivity contribution in [1.29, 1.82) is 0 Å². The summed E-state index contributed by atoms with van der Waals surface area (Å²) in [5.74, 6) is 0.368. The van der Waals surface area contributed by atoms with Gasteiger partial charge in [-0.15, -0.1) is 0 Å². The summed E-state index contributed by atoms with van der Waals surface area (Å²) in [5, 5.41) is 9.10. The summed E-state index contributed by atoms with van der Waals surface area (Å²) in [7, 11) is 1.60. The monoisotopic (exact) mass is 396 g/mol. The molecule has 0 bridgehead atoms. The van der Waals surface area contributed by atoms with Crippen LogP contribution in [0.15, 0.2) is 16.7 Å². The number of carbonyl (C=O) groups is 2. The van der Waals surface area contributed by atoms with Crippen LogP contribution >= 0.6 is 15.9 Å². The van der Waals surface area contributed by atoms with Crippen molar-refractivity contribution in [2.24, 2.45) is 5.41 Å². The van der Waals surface area contributed by atoms with Crippen molar-refractivity contribution >= 4 is 33.6 Å². The first-order valence-corrected chi connectivity index (χ1v) is 8.68. The third-order valence-corrected chi connectivity index (χ3v) is 5.14. The van der Waals surface area contributed by atoms with Gasteiger partial charge in [-0.1, -0.05) is 6.07 Å². The molecule has 2 fully saturated rings. The van der Waals surface area contributed by atoms with E-state index in [4.69, 9.17) is 4.74 Å². The fourth-order valence-corrected chi connectivity index (χ4v) is 3.61. The van der Waals surface area contributed by atoms with E-state index < -0.39 is 0 Å². The van der Waals surface area contributed by atoms with Gasteiger partial charge >= 0.3 is 0 Å². The van der Waals surface area contributed by atoms with Gasteiger partial charge in [-0.2, -0.15) is 0 Å². The number of amides is 2. The molecule has 1 saturated carbocycles. The highest BCUT2D eigenvalue weighted by Gasteiger charge is 2.61.